The Labute approximate surface area is 132 Å². The minimum atomic E-state index is 0.894. The van der Waals surface area contributed by atoms with Crippen molar-refractivity contribution >= 4 is 0 Å². The second kappa shape index (κ2) is 13.5. The Morgan fingerprint density at radius 3 is 1.52 bits per heavy atom. The van der Waals surface area contributed by atoms with Crippen molar-refractivity contribution in [1.82, 2.24) is 21.3 Å². The van der Waals surface area contributed by atoms with Gasteiger partial charge in [-0.05, 0) is 89.9 Å². The van der Waals surface area contributed by atoms with Gasteiger partial charge in [-0.3, -0.25) is 0 Å². The molecule has 1 fully saturated rings. The van der Waals surface area contributed by atoms with E-state index in [0.717, 1.165) is 51.1 Å². The SMILES string of the molecule is CCNCCCNCC1CCCC1CNCCCNCC. The van der Waals surface area contributed by atoms with Gasteiger partial charge in [0.05, 0.1) is 0 Å². The summed E-state index contributed by atoms with van der Waals surface area (Å²) in [5.41, 5.74) is 0. The predicted octanol–water partition coefficient (Wildman–Crippen LogP) is 1.58. The standard InChI is InChI=1S/C17H38N4/c1-3-18-10-6-12-20-14-16-8-5-9-17(16)15-21-13-7-11-19-4-2/h16-21H,3-15H2,1-2H3. The van der Waals surface area contributed by atoms with Crippen LogP contribution in [-0.2, 0) is 0 Å². The van der Waals surface area contributed by atoms with Crippen LogP contribution in [0.5, 0.6) is 0 Å². The van der Waals surface area contributed by atoms with E-state index in [9.17, 15) is 0 Å². The molecule has 1 saturated carbocycles. The van der Waals surface area contributed by atoms with Crippen molar-refractivity contribution in [2.24, 2.45) is 11.8 Å². The van der Waals surface area contributed by atoms with E-state index in [4.69, 9.17) is 0 Å². The minimum Gasteiger partial charge on any atom is -0.317 e. The van der Waals surface area contributed by atoms with Gasteiger partial charge in [-0.1, -0.05) is 20.3 Å². The largest absolute Gasteiger partial charge is 0.317 e. The highest BCUT2D eigenvalue weighted by Gasteiger charge is 2.26. The molecule has 0 radical (unpaired) electrons. The van der Waals surface area contributed by atoms with Gasteiger partial charge < -0.3 is 21.3 Å². The molecule has 0 aromatic carbocycles. The van der Waals surface area contributed by atoms with Gasteiger partial charge in [-0.25, -0.2) is 0 Å². The van der Waals surface area contributed by atoms with E-state index in [1.807, 2.05) is 0 Å². The average molecular weight is 299 g/mol. The van der Waals surface area contributed by atoms with Crippen molar-refractivity contribution in [3.8, 4) is 0 Å². The Morgan fingerprint density at radius 1 is 0.667 bits per heavy atom. The minimum absolute atomic E-state index is 0.894. The molecule has 1 aliphatic carbocycles. The molecule has 0 bridgehead atoms. The first kappa shape index (κ1) is 18.9. The maximum absolute atomic E-state index is 3.66. The van der Waals surface area contributed by atoms with E-state index in [2.05, 4.69) is 35.1 Å². The van der Waals surface area contributed by atoms with Crippen molar-refractivity contribution in [2.75, 3.05) is 52.4 Å². The second-order valence-corrected chi connectivity index (χ2v) is 6.27. The Bertz CT molecular complexity index is 201. The maximum Gasteiger partial charge on any atom is -0.00174 e. The third kappa shape index (κ3) is 9.46. The van der Waals surface area contributed by atoms with Crippen LogP contribution in [0.1, 0.15) is 46.0 Å². The molecular weight excluding hydrogens is 260 g/mol. The van der Waals surface area contributed by atoms with Crippen LogP contribution in [0.15, 0.2) is 0 Å². The fraction of sp³-hybridized carbons (Fsp3) is 1.00. The van der Waals surface area contributed by atoms with Crippen LogP contribution in [0, 0.1) is 11.8 Å². The lowest BCUT2D eigenvalue weighted by molar-refractivity contribution is 0.349. The van der Waals surface area contributed by atoms with Crippen LogP contribution in [0.4, 0.5) is 0 Å². The average Bonchev–Trinajstić information content (AvgIpc) is 2.94. The smallest absolute Gasteiger partial charge is 0.00174 e. The molecule has 0 amide bonds. The van der Waals surface area contributed by atoms with Crippen LogP contribution in [0.3, 0.4) is 0 Å². The highest BCUT2D eigenvalue weighted by Crippen LogP contribution is 2.30. The van der Waals surface area contributed by atoms with Gasteiger partial charge in [-0.2, -0.15) is 0 Å². The van der Waals surface area contributed by atoms with Crippen LogP contribution in [0.25, 0.3) is 0 Å². The number of hydrogen-bond donors (Lipinski definition) is 4. The first-order valence-electron chi connectivity index (χ1n) is 9.21. The van der Waals surface area contributed by atoms with Gasteiger partial charge in [0.2, 0.25) is 0 Å². The summed E-state index contributed by atoms with van der Waals surface area (Å²) in [6.45, 7) is 13.6. The Balaban J connectivity index is 1.98. The molecule has 4 heteroatoms. The molecule has 2 unspecified atom stereocenters. The van der Waals surface area contributed by atoms with E-state index in [1.54, 1.807) is 0 Å². The first-order chi connectivity index (χ1) is 10.4. The van der Waals surface area contributed by atoms with Crippen molar-refractivity contribution in [3.05, 3.63) is 0 Å². The van der Waals surface area contributed by atoms with Crippen LogP contribution >= 0.6 is 0 Å². The fourth-order valence-electron chi connectivity index (χ4n) is 3.26. The zero-order chi connectivity index (χ0) is 15.2. The molecule has 0 aliphatic heterocycles. The van der Waals surface area contributed by atoms with Gasteiger partial charge >= 0.3 is 0 Å². The lowest BCUT2D eigenvalue weighted by atomic mass is 9.96. The summed E-state index contributed by atoms with van der Waals surface area (Å²) in [6, 6.07) is 0. The Kier molecular flexibility index (Phi) is 12.1. The number of nitrogens with one attached hydrogen (secondary N) is 4. The molecule has 2 atom stereocenters. The summed E-state index contributed by atoms with van der Waals surface area (Å²) in [4.78, 5) is 0. The number of hydrogen-bond acceptors (Lipinski definition) is 4. The summed E-state index contributed by atoms with van der Waals surface area (Å²) in [6.07, 6.45) is 6.75. The molecule has 1 rings (SSSR count). The number of rotatable bonds is 14. The summed E-state index contributed by atoms with van der Waals surface area (Å²) in [5, 5.41) is 14.1. The fourth-order valence-corrected chi connectivity index (χ4v) is 3.26. The summed E-state index contributed by atoms with van der Waals surface area (Å²) in [5.74, 6) is 1.79. The molecule has 0 aromatic rings. The third-order valence-electron chi connectivity index (χ3n) is 4.54. The summed E-state index contributed by atoms with van der Waals surface area (Å²) >= 11 is 0. The second-order valence-electron chi connectivity index (χ2n) is 6.27. The van der Waals surface area contributed by atoms with E-state index in [1.165, 1.54) is 45.2 Å². The van der Waals surface area contributed by atoms with Crippen LogP contribution in [0.2, 0.25) is 0 Å². The van der Waals surface area contributed by atoms with Crippen molar-refractivity contribution < 1.29 is 0 Å². The Hall–Kier alpha value is -0.160. The normalized spacial score (nSPS) is 22.0. The third-order valence-corrected chi connectivity index (χ3v) is 4.54. The zero-order valence-corrected chi connectivity index (χ0v) is 14.3. The van der Waals surface area contributed by atoms with Gasteiger partial charge in [0.15, 0.2) is 0 Å². The van der Waals surface area contributed by atoms with Crippen LogP contribution < -0.4 is 21.3 Å². The van der Waals surface area contributed by atoms with E-state index in [-0.39, 0.29) is 0 Å². The van der Waals surface area contributed by atoms with Gasteiger partial charge in [0.25, 0.3) is 0 Å². The van der Waals surface area contributed by atoms with E-state index < -0.39 is 0 Å². The Morgan fingerprint density at radius 2 is 1.10 bits per heavy atom. The highest BCUT2D eigenvalue weighted by atomic mass is 14.9. The van der Waals surface area contributed by atoms with Gasteiger partial charge in [0, 0.05) is 0 Å². The molecule has 0 saturated heterocycles. The van der Waals surface area contributed by atoms with Crippen molar-refractivity contribution in [2.45, 2.75) is 46.0 Å². The van der Waals surface area contributed by atoms with Gasteiger partial charge in [-0.15, -0.1) is 0 Å². The molecule has 21 heavy (non-hydrogen) atoms. The summed E-state index contributed by atoms with van der Waals surface area (Å²) in [7, 11) is 0. The molecule has 0 spiro atoms. The monoisotopic (exact) mass is 298 g/mol. The molecule has 4 N–H and O–H groups in total. The van der Waals surface area contributed by atoms with Crippen molar-refractivity contribution in [3.63, 3.8) is 0 Å². The predicted molar refractivity (Wildman–Crippen MR) is 92.9 cm³/mol. The topological polar surface area (TPSA) is 48.1 Å². The zero-order valence-electron chi connectivity index (χ0n) is 14.3. The lowest BCUT2D eigenvalue weighted by Crippen LogP contribution is -2.33. The summed E-state index contributed by atoms with van der Waals surface area (Å²) < 4.78 is 0. The molecule has 0 aromatic heterocycles. The van der Waals surface area contributed by atoms with E-state index >= 15 is 0 Å². The highest BCUT2D eigenvalue weighted by molar-refractivity contribution is 4.80. The maximum atomic E-state index is 3.66. The molecule has 126 valence electrons. The van der Waals surface area contributed by atoms with E-state index in [0.29, 0.717) is 0 Å². The molecule has 1 aliphatic rings. The molecule has 4 nitrogen and oxygen atoms in total. The van der Waals surface area contributed by atoms with Gasteiger partial charge in [0.1, 0.15) is 0 Å². The lowest BCUT2D eigenvalue weighted by Gasteiger charge is -2.20. The van der Waals surface area contributed by atoms with Crippen LogP contribution in [-0.4, -0.2) is 52.4 Å². The molecular formula is C17H38N4. The molecule has 0 heterocycles. The first-order valence-corrected chi connectivity index (χ1v) is 9.21. The van der Waals surface area contributed by atoms with Crippen molar-refractivity contribution in [1.29, 1.82) is 0 Å². The quantitative estimate of drug-likeness (QED) is 0.368.